The number of nitrogens with zero attached hydrogens (tertiary/aromatic N) is 1. The minimum absolute atomic E-state index is 0.645. The molecule has 0 spiro atoms. The number of carbonyl (C=O) groups is 1. The molecule has 0 atom stereocenters. The molecule has 0 aliphatic rings. The number of halogens is 4. The van der Waals surface area contributed by atoms with Crippen LogP contribution in [0.1, 0.15) is 10.4 Å². The molecular weight excluding hydrogens is 220 g/mol. The summed E-state index contributed by atoms with van der Waals surface area (Å²) in [5, 5.41) is 0. The van der Waals surface area contributed by atoms with Crippen LogP contribution in [0.4, 0.5) is 17.6 Å². The summed E-state index contributed by atoms with van der Waals surface area (Å²) in [5.74, 6) is -3.60. The van der Waals surface area contributed by atoms with Gasteiger partial charge in [0, 0.05) is 0 Å². The van der Waals surface area contributed by atoms with E-state index < -0.39 is 29.7 Å². The zero-order valence-electron chi connectivity index (χ0n) is 7.01. The molecular formula is C7H4F4N2O2. The van der Waals surface area contributed by atoms with E-state index in [1.54, 1.807) is 0 Å². The van der Waals surface area contributed by atoms with Crippen molar-refractivity contribution in [3.63, 3.8) is 0 Å². The van der Waals surface area contributed by atoms with Gasteiger partial charge < -0.3 is 10.5 Å². The zero-order valence-corrected chi connectivity index (χ0v) is 7.01. The fraction of sp³-hybridized carbons (Fsp3) is 0.143. The highest BCUT2D eigenvalue weighted by Gasteiger charge is 2.33. The largest absolute Gasteiger partial charge is 0.574 e. The summed E-state index contributed by atoms with van der Waals surface area (Å²) >= 11 is 0. The van der Waals surface area contributed by atoms with Crippen LogP contribution in [0, 0.1) is 5.95 Å². The van der Waals surface area contributed by atoms with E-state index in [9.17, 15) is 22.4 Å². The maximum Gasteiger partial charge on any atom is 0.574 e. The first kappa shape index (κ1) is 11.2. The number of hydrogen-bond donors (Lipinski definition) is 1. The topological polar surface area (TPSA) is 65.2 Å². The normalized spacial score (nSPS) is 11.2. The SMILES string of the molecule is NC(=O)c1ccc(F)nc1OC(F)(F)F. The molecule has 0 bridgehead atoms. The summed E-state index contributed by atoms with van der Waals surface area (Å²) in [4.78, 5) is 13.4. The maximum absolute atomic E-state index is 12.5. The first-order chi connectivity index (χ1) is 6.79. The number of ether oxygens (including phenoxy) is 1. The molecule has 0 radical (unpaired) electrons. The molecule has 8 heteroatoms. The number of hydrogen-bond acceptors (Lipinski definition) is 3. The van der Waals surface area contributed by atoms with Gasteiger partial charge in [-0.3, -0.25) is 4.79 Å². The first-order valence-electron chi connectivity index (χ1n) is 3.51. The van der Waals surface area contributed by atoms with Crippen molar-refractivity contribution in [2.75, 3.05) is 0 Å². The average Bonchev–Trinajstić information content (AvgIpc) is 1.99. The molecule has 0 aromatic carbocycles. The lowest BCUT2D eigenvalue weighted by Gasteiger charge is -2.09. The van der Waals surface area contributed by atoms with E-state index in [2.05, 4.69) is 9.72 Å². The number of carbonyl (C=O) groups excluding carboxylic acids is 1. The standard InChI is InChI=1S/C7H4F4N2O2/c8-4-2-1-3(5(12)14)6(13-4)15-7(9,10)11/h1-2H,(H2,12,14). The summed E-state index contributed by atoms with van der Waals surface area (Å²) in [6.07, 6.45) is -5.06. The number of nitrogens with two attached hydrogens (primary N) is 1. The van der Waals surface area contributed by atoms with Gasteiger partial charge in [-0.1, -0.05) is 0 Å². The minimum atomic E-state index is -5.06. The van der Waals surface area contributed by atoms with Crippen molar-refractivity contribution < 1.29 is 27.1 Å². The van der Waals surface area contributed by atoms with Crippen molar-refractivity contribution in [2.45, 2.75) is 6.36 Å². The lowest BCUT2D eigenvalue weighted by molar-refractivity contribution is -0.276. The maximum atomic E-state index is 12.5. The highest BCUT2D eigenvalue weighted by atomic mass is 19.4. The van der Waals surface area contributed by atoms with E-state index in [4.69, 9.17) is 5.73 Å². The van der Waals surface area contributed by atoms with E-state index in [0.29, 0.717) is 6.07 Å². The lowest BCUT2D eigenvalue weighted by Crippen LogP contribution is -2.22. The molecule has 0 aliphatic heterocycles. The quantitative estimate of drug-likeness (QED) is 0.606. The van der Waals surface area contributed by atoms with Crippen LogP contribution in [-0.4, -0.2) is 17.3 Å². The molecule has 4 nitrogen and oxygen atoms in total. The van der Waals surface area contributed by atoms with Crippen molar-refractivity contribution in [2.24, 2.45) is 5.73 Å². The molecule has 1 heterocycles. The van der Waals surface area contributed by atoms with Gasteiger partial charge in [-0.25, -0.2) is 0 Å². The molecule has 0 unspecified atom stereocenters. The third-order valence-electron chi connectivity index (χ3n) is 1.30. The van der Waals surface area contributed by atoms with Crippen molar-refractivity contribution in [3.05, 3.63) is 23.6 Å². The number of pyridine rings is 1. The molecule has 0 saturated heterocycles. The Labute approximate surface area is 80.7 Å². The molecule has 0 fully saturated rings. The van der Waals surface area contributed by atoms with Gasteiger partial charge in [-0.2, -0.15) is 9.37 Å². The molecule has 1 amide bonds. The number of aromatic nitrogens is 1. The van der Waals surface area contributed by atoms with Crippen LogP contribution in [0.2, 0.25) is 0 Å². The Morgan fingerprint density at radius 3 is 2.47 bits per heavy atom. The van der Waals surface area contributed by atoms with Gasteiger partial charge in [-0.05, 0) is 12.1 Å². The highest BCUT2D eigenvalue weighted by Crippen LogP contribution is 2.24. The molecule has 0 saturated carbocycles. The van der Waals surface area contributed by atoms with Gasteiger partial charge in [-0.15, -0.1) is 13.2 Å². The van der Waals surface area contributed by atoms with E-state index in [-0.39, 0.29) is 0 Å². The number of alkyl halides is 3. The number of primary amides is 1. The predicted octanol–water partition coefficient (Wildman–Crippen LogP) is 1.22. The van der Waals surface area contributed by atoms with Crippen LogP contribution in [0.5, 0.6) is 5.88 Å². The Bertz CT molecular complexity index is 391. The van der Waals surface area contributed by atoms with Gasteiger partial charge in [0.05, 0.1) is 0 Å². The fourth-order valence-electron chi connectivity index (χ4n) is 0.793. The van der Waals surface area contributed by atoms with E-state index >= 15 is 0 Å². The van der Waals surface area contributed by atoms with Crippen LogP contribution in [0.25, 0.3) is 0 Å². The summed E-state index contributed by atoms with van der Waals surface area (Å²) in [7, 11) is 0. The minimum Gasteiger partial charge on any atom is -0.387 e. The summed E-state index contributed by atoms with van der Waals surface area (Å²) in [6.45, 7) is 0. The van der Waals surface area contributed by atoms with Crippen molar-refractivity contribution >= 4 is 5.91 Å². The summed E-state index contributed by atoms with van der Waals surface area (Å²) < 4.78 is 51.1. The summed E-state index contributed by atoms with van der Waals surface area (Å²) in [5.41, 5.74) is 4.09. The lowest BCUT2D eigenvalue weighted by atomic mass is 10.2. The number of amides is 1. The first-order valence-corrected chi connectivity index (χ1v) is 3.51. The van der Waals surface area contributed by atoms with Crippen molar-refractivity contribution in [1.29, 1.82) is 0 Å². The third-order valence-corrected chi connectivity index (χ3v) is 1.30. The van der Waals surface area contributed by atoms with Crippen LogP contribution in [-0.2, 0) is 0 Å². The fourth-order valence-corrected chi connectivity index (χ4v) is 0.793. The smallest absolute Gasteiger partial charge is 0.387 e. The van der Waals surface area contributed by atoms with Gasteiger partial charge in [0.2, 0.25) is 11.8 Å². The van der Waals surface area contributed by atoms with Gasteiger partial charge in [0.15, 0.2) is 0 Å². The molecule has 82 valence electrons. The van der Waals surface area contributed by atoms with Crippen molar-refractivity contribution in [3.8, 4) is 5.88 Å². The van der Waals surface area contributed by atoms with Gasteiger partial charge in [0.1, 0.15) is 5.56 Å². The average molecular weight is 224 g/mol. The van der Waals surface area contributed by atoms with E-state index in [1.165, 1.54) is 0 Å². The molecule has 2 N–H and O–H groups in total. The second-order valence-electron chi connectivity index (χ2n) is 2.40. The molecule has 1 aromatic rings. The van der Waals surface area contributed by atoms with Crippen molar-refractivity contribution in [1.82, 2.24) is 4.98 Å². The molecule has 1 rings (SSSR count). The van der Waals surface area contributed by atoms with E-state index in [0.717, 1.165) is 6.07 Å². The van der Waals surface area contributed by atoms with Crippen LogP contribution >= 0.6 is 0 Å². The molecule has 15 heavy (non-hydrogen) atoms. The monoisotopic (exact) mass is 224 g/mol. The zero-order chi connectivity index (χ0) is 11.6. The van der Waals surface area contributed by atoms with E-state index in [1.807, 2.05) is 0 Å². The van der Waals surface area contributed by atoms with Crippen LogP contribution in [0.3, 0.4) is 0 Å². The Hall–Kier alpha value is -1.86. The Morgan fingerprint density at radius 2 is 2.00 bits per heavy atom. The number of rotatable bonds is 2. The second kappa shape index (κ2) is 3.71. The molecule has 0 aliphatic carbocycles. The van der Waals surface area contributed by atoms with Crippen LogP contribution < -0.4 is 10.5 Å². The van der Waals surface area contributed by atoms with Gasteiger partial charge in [0.25, 0.3) is 5.91 Å². The van der Waals surface area contributed by atoms with Gasteiger partial charge >= 0.3 is 6.36 Å². The third kappa shape index (κ3) is 3.08. The summed E-state index contributed by atoms with van der Waals surface area (Å²) in [6, 6.07) is 1.45. The highest BCUT2D eigenvalue weighted by molar-refractivity contribution is 5.94. The predicted molar refractivity (Wildman–Crippen MR) is 39.4 cm³/mol. The Kier molecular flexibility index (Phi) is 2.78. The van der Waals surface area contributed by atoms with Crippen LogP contribution in [0.15, 0.2) is 12.1 Å². The second-order valence-corrected chi connectivity index (χ2v) is 2.40. The Balaban J connectivity index is 3.13. The Morgan fingerprint density at radius 1 is 1.40 bits per heavy atom. The molecule has 1 aromatic heterocycles.